The Hall–Kier alpha value is -1.92. The molecule has 0 bridgehead atoms. The van der Waals surface area contributed by atoms with Crippen LogP contribution in [-0.4, -0.2) is 45.6 Å². The van der Waals surface area contributed by atoms with Crippen molar-refractivity contribution in [3.8, 4) is 5.75 Å². The van der Waals surface area contributed by atoms with Crippen molar-refractivity contribution in [3.05, 3.63) is 40.9 Å². The van der Waals surface area contributed by atoms with E-state index in [2.05, 4.69) is 15.1 Å². The number of benzene rings is 1. The van der Waals surface area contributed by atoms with Crippen LogP contribution < -0.4 is 4.74 Å². The summed E-state index contributed by atoms with van der Waals surface area (Å²) in [5, 5.41) is 8.37. The number of ketones is 1. The normalized spacial score (nSPS) is 14.8. The van der Waals surface area contributed by atoms with E-state index in [-0.39, 0.29) is 5.78 Å². The summed E-state index contributed by atoms with van der Waals surface area (Å²) in [5.74, 6) is 1.49. The van der Waals surface area contributed by atoms with Gasteiger partial charge in [-0.05, 0) is 18.2 Å². The van der Waals surface area contributed by atoms with Crippen LogP contribution >= 0.6 is 11.6 Å². The standard InChI is InChI=1S/C14H15ClN4O2/c1-21-13-3-2-10(6-11(13)15)12(20)7-18-4-5-19-9-16-17-14(19)8-18/h2-3,6,9H,4-5,7-8H2,1H3. The minimum Gasteiger partial charge on any atom is -0.495 e. The lowest BCUT2D eigenvalue weighted by molar-refractivity contribution is 0.0908. The van der Waals surface area contributed by atoms with E-state index in [1.165, 1.54) is 0 Å². The average Bonchev–Trinajstić information content (AvgIpc) is 2.94. The van der Waals surface area contributed by atoms with Crippen molar-refractivity contribution in [2.75, 3.05) is 20.2 Å². The molecular weight excluding hydrogens is 292 g/mol. The number of aromatic nitrogens is 3. The SMILES string of the molecule is COc1ccc(C(=O)CN2CCn3cnnc3C2)cc1Cl. The Morgan fingerprint density at radius 3 is 3.05 bits per heavy atom. The summed E-state index contributed by atoms with van der Waals surface area (Å²) >= 11 is 6.06. The van der Waals surface area contributed by atoms with E-state index in [9.17, 15) is 4.79 Å². The molecule has 0 atom stereocenters. The predicted octanol–water partition coefficient (Wildman–Crippen LogP) is 1.64. The fourth-order valence-electron chi connectivity index (χ4n) is 2.39. The highest BCUT2D eigenvalue weighted by atomic mass is 35.5. The van der Waals surface area contributed by atoms with E-state index in [1.807, 2.05) is 4.57 Å². The molecule has 0 amide bonds. The second kappa shape index (κ2) is 5.83. The Bertz CT molecular complexity index is 671. The summed E-state index contributed by atoms with van der Waals surface area (Å²) in [7, 11) is 1.55. The van der Waals surface area contributed by atoms with Gasteiger partial charge in [-0.3, -0.25) is 9.69 Å². The number of ether oxygens (including phenoxy) is 1. The summed E-state index contributed by atoms with van der Waals surface area (Å²) in [6, 6.07) is 5.09. The maximum atomic E-state index is 12.3. The number of rotatable bonds is 4. The van der Waals surface area contributed by atoms with Crippen LogP contribution in [0.25, 0.3) is 0 Å². The number of carbonyl (C=O) groups excluding carboxylic acids is 1. The Morgan fingerprint density at radius 2 is 2.29 bits per heavy atom. The predicted molar refractivity (Wildman–Crippen MR) is 77.6 cm³/mol. The van der Waals surface area contributed by atoms with Gasteiger partial charge in [0.15, 0.2) is 5.78 Å². The van der Waals surface area contributed by atoms with E-state index in [4.69, 9.17) is 16.3 Å². The topological polar surface area (TPSA) is 60.2 Å². The maximum Gasteiger partial charge on any atom is 0.176 e. The second-order valence-corrected chi connectivity index (χ2v) is 5.33. The molecule has 2 aromatic rings. The minimum atomic E-state index is 0.0347. The molecule has 0 N–H and O–H groups in total. The van der Waals surface area contributed by atoms with Gasteiger partial charge in [0.2, 0.25) is 0 Å². The van der Waals surface area contributed by atoms with E-state index < -0.39 is 0 Å². The number of nitrogens with zero attached hydrogens (tertiary/aromatic N) is 4. The summed E-state index contributed by atoms with van der Waals surface area (Å²) < 4.78 is 7.09. The number of Topliss-reactive ketones (excluding diaryl/α,β-unsaturated/α-hetero) is 1. The van der Waals surface area contributed by atoms with Crippen molar-refractivity contribution in [1.29, 1.82) is 0 Å². The third kappa shape index (κ3) is 2.91. The van der Waals surface area contributed by atoms with Gasteiger partial charge in [0.25, 0.3) is 0 Å². The highest BCUT2D eigenvalue weighted by Crippen LogP contribution is 2.25. The minimum absolute atomic E-state index is 0.0347. The summed E-state index contributed by atoms with van der Waals surface area (Å²) in [5.41, 5.74) is 0.591. The first-order chi connectivity index (χ1) is 10.2. The van der Waals surface area contributed by atoms with E-state index >= 15 is 0 Å². The molecule has 0 saturated carbocycles. The van der Waals surface area contributed by atoms with Gasteiger partial charge in [-0.15, -0.1) is 10.2 Å². The highest BCUT2D eigenvalue weighted by molar-refractivity contribution is 6.32. The Morgan fingerprint density at radius 1 is 1.43 bits per heavy atom. The molecule has 0 saturated heterocycles. The molecule has 1 aliphatic rings. The fraction of sp³-hybridized carbons (Fsp3) is 0.357. The number of methoxy groups -OCH3 is 1. The van der Waals surface area contributed by atoms with Gasteiger partial charge in [0, 0.05) is 18.7 Å². The zero-order chi connectivity index (χ0) is 14.8. The zero-order valence-corrected chi connectivity index (χ0v) is 12.4. The molecule has 3 rings (SSSR count). The molecule has 7 heteroatoms. The van der Waals surface area contributed by atoms with Gasteiger partial charge < -0.3 is 9.30 Å². The molecule has 6 nitrogen and oxygen atoms in total. The molecule has 2 heterocycles. The zero-order valence-electron chi connectivity index (χ0n) is 11.6. The lowest BCUT2D eigenvalue weighted by atomic mass is 10.1. The monoisotopic (exact) mass is 306 g/mol. The van der Waals surface area contributed by atoms with Gasteiger partial charge in [-0.2, -0.15) is 0 Å². The van der Waals surface area contributed by atoms with E-state index in [0.717, 1.165) is 18.9 Å². The molecule has 21 heavy (non-hydrogen) atoms. The summed E-state index contributed by atoms with van der Waals surface area (Å²) in [4.78, 5) is 14.4. The van der Waals surface area contributed by atoms with Crippen LogP contribution in [0.3, 0.4) is 0 Å². The second-order valence-electron chi connectivity index (χ2n) is 4.92. The first-order valence-electron chi connectivity index (χ1n) is 6.63. The van der Waals surface area contributed by atoms with Crippen LogP contribution in [0.2, 0.25) is 5.02 Å². The Balaban J connectivity index is 1.68. The van der Waals surface area contributed by atoms with Gasteiger partial charge in [-0.25, -0.2) is 0 Å². The van der Waals surface area contributed by atoms with Crippen LogP contribution in [0.15, 0.2) is 24.5 Å². The lowest BCUT2D eigenvalue weighted by Crippen LogP contribution is -2.37. The number of halogens is 1. The Kier molecular flexibility index (Phi) is 3.90. The van der Waals surface area contributed by atoms with Crippen LogP contribution in [0.4, 0.5) is 0 Å². The van der Waals surface area contributed by atoms with Crippen LogP contribution in [-0.2, 0) is 13.1 Å². The van der Waals surface area contributed by atoms with Crippen LogP contribution in [0.5, 0.6) is 5.75 Å². The van der Waals surface area contributed by atoms with E-state index in [1.54, 1.807) is 31.6 Å². The molecule has 110 valence electrons. The molecule has 1 aromatic carbocycles. The number of hydrogen-bond donors (Lipinski definition) is 0. The van der Waals surface area contributed by atoms with Crippen molar-refractivity contribution in [3.63, 3.8) is 0 Å². The first-order valence-corrected chi connectivity index (χ1v) is 7.01. The Labute approximate surface area is 127 Å². The number of hydrogen-bond acceptors (Lipinski definition) is 5. The van der Waals surface area contributed by atoms with Crippen molar-refractivity contribution < 1.29 is 9.53 Å². The largest absolute Gasteiger partial charge is 0.495 e. The molecular formula is C14H15ClN4O2. The number of carbonyl (C=O) groups is 1. The van der Waals surface area contributed by atoms with Gasteiger partial charge in [0.05, 0.1) is 25.2 Å². The molecule has 0 fully saturated rings. The summed E-state index contributed by atoms with van der Waals surface area (Å²) in [6.07, 6.45) is 1.72. The van der Waals surface area contributed by atoms with Gasteiger partial charge >= 0.3 is 0 Å². The molecule has 1 aromatic heterocycles. The lowest BCUT2D eigenvalue weighted by Gasteiger charge is -2.26. The maximum absolute atomic E-state index is 12.3. The number of fused-ring (bicyclic) bond motifs is 1. The van der Waals surface area contributed by atoms with Crippen molar-refractivity contribution in [2.24, 2.45) is 0 Å². The van der Waals surface area contributed by atoms with Crippen LogP contribution in [0, 0.1) is 0 Å². The first kappa shape index (κ1) is 14.0. The van der Waals surface area contributed by atoms with Crippen molar-refractivity contribution >= 4 is 17.4 Å². The smallest absolute Gasteiger partial charge is 0.176 e. The molecule has 0 aliphatic carbocycles. The van der Waals surface area contributed by atoms with Crippen LogP contribution in [0.1, 0.15) is 16.2 Å². The van der Waals surface area contributed by atoms with Gasteiger partial charge in [0.1, 0.15) is 17.9 Å². The highest BCUT2D eigenvalue weighted by Gasteiger charge is 2.20. The van der Waals surface area contributed by atoms with Crippen molar-refractivity contribution in [2.45, 2.75) is 13.1 Å². The third-order valence-corrected chi connectivity index (χ3v) is 3.85. The molecule has 0 spiro atoms. The van der Waals surface area contributed by atoms with E-state index in [0.29, 0.717) is 29.4 Å². The third-order valence-electron chi connectivity index (χ3n) is 3.56. The fourth-order valence-corrected chi connectivity index (χ4v) is 2.64. The molecule has 0 unspecified atom stereocenters. The quantitative estimate of drug-likeness (QED) is 0.804. The molecule has 0 radical (unpaired) electrons. The summed E-state index contributed by atoms with van der Waals surface area (Å²) in [6.45, 7) is 2.59. The van der Waals surface area contributed by atoms with Gasteiger partial charge in [-0.1, -0.05) is 11.6 Å². The van der Waals surface area contributed by atoms with Crippen molar-refractivity contribution in [1.82, 2.24) is 19.7 Å². The molecule has 1 aliphatic heterocycles. The average molecular weight is 307 g/mol.